The van der Waals surface area contributed by atoms with Crippen LogP contribution in [-0.4, -0.2) is 21.1 Å². The highest BCUT2D eigenvalue weighted by Crippen LogP contribution is 2.26. The van der Waals surface area contributed by atoms with Crippen LogP contribution in [0.2, 0.25) is 0 Å². The van der Waals surface area contributed by atoms with Gasteiger partial charge in [0.25, 0.3) is 11.4 Å². The SMILES string of the molecule is Cc1ccccc1Cn1cc(-c2nc(-c3ccc(OC(F)(F)F)cc3)no2)ccc1=O. The summed E-state index contributed by atoms with van der Waals surface area (Å²) in [5.41, 5.74) is 2.90. The number of aromatic nitrogens is 3. The highest BCUT2D eigenvalue weighted by molar-refractivity contribution is 5.60. The topological polar surface area (TPSA) is 70.2 Å². The summed E-state index contributed by atoms with van der Waals surface area (Å²) >= 11 is 0. The average Bonchev–Trinajstić information content (AvgIpc) is 3.21. The minimum atomic E-state index is -4.76. The van der Waals surface area contributed by atoms with E-state index in [0.717, 1.165) is 11.1 Å². The van der Waals surface area contributed by atoms with Crippen molar-refractivity contribution in [2.45, 2.75) is 19.8 Å². The molecule has 4 rings (SSSR count). The van der Waals surface area contributed by atoms with Gasteiger partial charge in [-0.05, 0) is 48.4 Å². The monoisotopic (exact) mass is 427 g/mol. The van der Waals surface area contributed by atoms with Crippen LogP contribution in [0, 0.1) is 6.92 Å². The van der Waals surface area contributed by atoms with E-state index >= 15 is 0 Å². The maximum absolute atomic E-state index is 12.3. The van der Waals surface area contributed by atoms with Gasteiger partial charge in [0, 0.05) is 17.8 Å². The molecular weight excluding hydrogens is 411 g/mol. The summed E-state index contributed by atoms with van der Waals surface area (Å²) in [6.07, 6.45) is -3.13. The number of nitrogens with zero attached hydrogens (tertiary/aromatic N) is 3. The van der Waals surface area contributed by atoms with Gasteiger partial charge in [0.15, 0.2) is 0 Å². The summed E-state index contributed by atoms with van der Waals surface area (Å²) in [5.74, 6) is 0.0395. The Labute approximate surface area is 174 Å². The molecule has 0 radical (unpaired) electrons. The second kappa shape index (κ2) is 8.10. The molecule has 0 atom stereocenters. The molecule has 0 saturated carbocycles. The smallest absolute Gasteiger partial charge is 0.406 e. The maximum atomic E-state index is 12.3. The molecule has 0 aliphatic heterocycles. The fraction of sp³-hybridized carbons (Fsp3) is 0.136. The van der Waals surface area contributed by atoms with Crippen molar-refractivity contribution in [3.63, 3.8) is 0 Å². The summed E-state index contributed by atoms with van der Waals surface area (Å²) in [6.45, 7) is 2.36. The largest absolute Gasteiger partial charge is 0.573 e. The summed E-state index contributed by atoms with van der Waals surface area (Å²) in [6, 6.07) is 15.9. The van der Waals surface area contributed by atoms with Crippen molar-refractivity contribution in [3.8, 4) is 28.6 Å². The molecule has 0 amide bonds. The Morgan fingerprint density at radius 2 is 1.71 bits per heavy atom. The van der Waals surface area contributed by atoms with Gasteiger partial charge in [-0.2, -0.15) is 4.98 Å². The molecule has 6 nitrogen and oxygen atoms in total. The molecule has 0 aliphatic rings. The Hall–Kier alpha value is -3.88. The zero-order valence-corrected chi connectivity index (χ0v) is 16.3. The van der Waals surface area contributed by atoms with Crippen molar-refractivity contribution in [1.29, 1.82) is 0 Å². The van der Waals surface area contributed by atoms with Crippen molar-refractivity contribution in [3.05, 3.63) is 88.3 Å². The minimum Gasteiger partial charge on any atom is -0.406 e. The molecule has 0 bridgehead atoms. The van der Waals surface area contributed by atoms with Gasteiger partial charge in [-0.15, -0.1) is 13.2 Å². The first-order valence-corrected chi connectivity index (χ1v) is 9.24. The van der Waals surface area contributed by atoms with Gasteiger partial charge in [-0.3, -0.25) is 4.79 Å². The predicted octanol–water partition coefficient (Wildman–Crippen LogP) is 4.82. The van der Waals surface area contributed by atoms with Gasteiger partial charge in [0.1, 0.15) is 5.75 Å². The first kappa shape index (κ1) is 20.4. The van der Waals surface area contributed by atoms with Crippen molar-refractivity contribution in [2.75, 3.05) is 0 Å². The molecule has 0 fully saturated rings. The number of alkyl halides is 3. The molecule has 4 aromatic rings. The first-order valence-electron chi connectivity index (χ1n) is 9.24. The molecule has 0 spiro atoms. The van der Waals surface area contributed by atoms with Crippen LogP contribution < -0.4 is 10.3 Å². The summed E-state index contributed by atoms with van der Waals surface area (Å²) in [4.78, 5) is 16.6. The van der Waals surface area contributed by atoms with Crippen LogP contribution in [0.1, 0.15) is 11.1 Å². The number of aryl methyl sites for hydroxylation is 1. The fourth-order valence-corrected chi connectivity index (χ4v) is 3.02. The third-order valence-electron chi connectivity index (χ3n) is 4.60. The quantitative estimate of drug-likeness (QED) is 0.457. The Morgan fingerprint density at radius 3 is 2.42 bits per heavy atom. The Morgan fingerprint density at radius 1 is 1.00 bits per heavy atom. The van der Waals surface area contributed by atoms with Crippen LogP contribution in [0.5, 0.6) is 5.75 Å². The third-order valence-corrected chi connectivity index (χ3v) is 4.60. The molecule has 2 heterocycles. The van der Waals surface area contributed by atoms with E-state index in [0.29, 0.717) is 17.7 Å². The van der Waals surface area contributed by atoms with Gasteiger partial charge in [0.05, 0.1) is 12.1 Å². The maximum Gasteiger partial charge on any atom is 0.573 e. The van der Waals surface area contributed by atoms with Crippen molar-refractivity contribution >= 4 is 0 Å². The molecule has 0 unspecified atom stereocenters. The van der Waals surface area contributed by atoms with Gasteiger partial charge in [0.2, 0.25) is 5.82 Å². The number of hydrogen-bond acceptors (Lipinski definition) is 5. The lowest BCUT2D eigenvalue weighted by Crippen LogP contribution is -2.19. The van der Waals surface area contributed by atoms with Gasteiger partial charge < -0.3 is 13.8 Å². The lowest BCUT2D eigenvalue weighted by molar-refractivity contribution is -0.274. The van der Waals surface area contributed by atoms with E-state index in [4.69, 9.17) is 4.52 Å². The van der Waals surface area contributed by atoms with Crippen LogP contribution in [0.4, 0.5) is 13.2 Å². The number of rotatable bonds is 5. The first-order chi connectivity index (χ1) is 14.8. The third kappa shape index (κ3) is 4.82. The molecule has 0 aliphatic carbocycles. The van der Waals surface area contributed by atoms with Crippen LogP contribution in [0.25, 0.3) is 22.8 Å². The van der Waals surface area contributed by atoms with Crippen molar-refractivity contribution in [2.24, 2.45) is 0 Å². The normalized spacial score (nSPS) is 11.5. The molecule has 158 valence electrons. The number of pyridine rings is 1. The second-order valence-corrected chi connectivity index (χ2v) is 6.81. The Bertz CT molecular complexity index is 1260. The number of halogens is 3. The molecule has 9 heteroatoms. The van der Waals surface area contributed by atoms with E-state index in [1.807, 2.05) is 31.2 Å². The van der Waals surface area contributed by atoms with Gasteiger partial charge in [-0.1, -0.05) is 29.4 Å². The van der Waals surface area contributed by atoms with Crippen LogP contribution in [0.15, 0.2) is 76.2 Å². The lowest BCUT2D eigenvalue weighted by Gasteiger charge is -2.09. The predicted molar refractivity (Wildman–Crippen MR) is 106 cm³/mol. The molecule has 2 aromatic carbocycles. The van der Waals surface area contributed by atoms with E-state index in [2.05, 4.69) is 14.9 Å². The Balaban J connectivity index is 1.58. The van der Waals surface area contributed by atoms with E-state index in [1.165, 1.54) is 30.3 Å². The number of benzene rings is 2. The van der Waals surface area contributed by atoms with E-state index < -0.39 is 6.36 Å². The zero-order valence-electron chi connectivity index (χ0n) is 16.3. The second-order valence-electron chi connectivity index (χ2n) is 6.81. The minimum absolute atomic E-state index is 0.174. The number of hydrogen-bond donors (Lipinski definition) is 0. The molecule has 2 aromatic heterocycles. The summed E-state index contributed by atoms with van der Waals surface area (Å²) < 4.78 is 47.6. The molecular formula is C22H16F3N3O3. The van der Waals surface area contributed by atoms with E-state index in [1.54, 1.807) is 16.8 Å². The summed E-state index contributed by atoms with van der Waals surface area (Å²) in [7, 11) is 0. The fourth-order valence-electron chi connectivity index (χ4n) is 3.02. The number of ether oxygens (including phenoxy) is 1. The highest BCUT2D eigenvalue weighted by atomic mass is 19.4. The van der Waals surface area contributed by atoms with E-state index in [9.17, 15) is 18.0 Å². The highest BCUT2D eigenvalue weighted by Gasteiger charge is 2.31. The van der Waals surface area contributed by atoms with Gasteiger partial charge in [-0.25, -0.2) is 0 Å². The van der Waals surface area contributed by atoms with Crippen LogP contribution in [-0.2, 0) is 6.54 Å². The molecule has 0 saturated heterocycles. The van der Waals surface area contributed by atoms with Gasteiger partial charge >= 0.3 is 6.36 Å². The lowest BCUT2D eigenvalue weighted by atomic mass is 10.1. The van der Waals surface area contributed by atoms with Crippen molar-refractivity contribution in [1.82, 2.24) is 14.7 Å². The van der Waals surface area contributed by atoms with Crippen molar-refractivity contribution < 1.29 is 22.4 Å². The zero-order chi connectivity index (χ0) is 22.0. The molecule has 0 N–H and O–H groups in total. The van der Waals surface area contributed by atoms with Crippen LogP contribution >= 0.6 is 0 Å². The standard InChI is InChI=1S/C22H16F3N3O3/c1-14-4-2-3-5-16(14)12-28-13-17(8-11-19(28)29)21-26-20(27-31-21)15-6-9-18(10-7-15)30-22(23,24)25/h2-11,13H,12H2,1H3. The Kier molecular flexibility index (Phi) is 5.33. The summed E-state index contributed by atoms with van der Waals surface area (Å²) in [5, 5.41) is 3.88. The van der Waals surface area contributed by atoms with Crippen LogP contribution in [0.3, 0.4) is 0 Å². The average molecular weight is 427 g/mol. The van der Waals surface area contributed by atoms with E-state index in [-0.39, 0.29) is 23.0 Å². The molecule has 31 heavy (non-hydrogen) atoms.